The number of nitrogens with zero attached hydrogens (tertiary/aromatic N) is 2. The van der Waals surface area contributed by atoms with Crippen LogP contribution in [0.25, 0.3) is 0 Å². The lowest BCUT2D eigenvalue weighted by atomic mass is 9.93. The summed E-state index contributed by atoms with van der Waals surface area (Å²) >= 11 is 0. The fourth-order valence-electron chi connectivity index (χ4n) is 1.53. The molecule has 1 aromatic rings. The lowest BCUT2D eigenvalue weighted by Gasteiger charge is -2.27. The minimum atomic E-state index is -3.16. The summed E-state index contributed by atoms with van der Waals surface area (Å²) in [5, 5.41) is 0.206. The molecule has 5 heteroatoms. The topological polar surface area (TPSA) is 52.0 Å². The average Bonchev–Trinajstić information content (AvgIpc) is 2.29. The van der Waals surface area contributed by atoms with E-state index in [1.54, 1.807) is 17.0 Å². The smallest absolute Gasteiger partial charge is 0.227 e. The Morgan fingerprint density at radius 2 is 2.23 bits per heavy atom. The molecule has 1 saturated carbocycles. The Hall–Kier alpha value is -0.840. The fraction of sp³-hybridized carbons (Fsp3) is 0.625. The Bertz CT molecular complexity index is 404. The first kappa shape index (κ1) is 8.74. The molecule has 0 aromatic carbocycles. The molecule has 0 atom stereocenters. The third-order valence-corrected chi connectivity index (χ3v) is 3.41. The summed E-state index contributed by atoms with van der Waals surface area (Å²) < 4.78 is 24.3. The Morgan fingerprint density at radius 1 is 1.54 bits per heavy atom. The molecular formula is C8H12N2O2S. The van der Waals surface area contributed by atoms with Crippen molar-refractivity contribution in [2.45, 2.75) is 30.5 Å². The van der Waals surface area contributed by atoms with E-state index in [4.69, 9.17) is 0 Å². The second kappa shape index (κ2) is 2.83. The molecular weight excluding hydrogens is 188 g/mol. The molecule has 0 bridgehead atoms. The molecule has 0 aliphatic heterocycles. The summed E-state index contributed by atoms with van der Waals surface area (Å²) in [4.78, 5) is 3.87. The van der Waals surface area contributed by atoms with Crippen LogP contribution in [0.1, 0.15) is 25.3 Å². The third kappa shape index (κ3) is 1.48. The third-order valence-electron chi connectivity index (χ3n) is 2.43. The van der Waals surface area contributed by atoms with E-state index in [1.165, 1.54) is 12.7 Å². The van der Waals surface area contributed by atoms with Crippen LogP contribution in [0.4, 0.5) is 0 Å². The first-order valence-corrected chi connectivity index (χ1v) is 6.21. The van der Waals surface area contributed by atoms with Crippen molar-refractivity contribution in [3.63, 3.8) is 0 Å². The second-order valence-electron chi connectivity index (χ2n) is 3.47. The van der Waals surface area contributed by atoms with Crippen molar-refractivity contribution in [1.29, 1.82) is 0 Å². The van der Waals surface area contributed by atoms with Gasteiger partial charge in [-0.05, 0) is 19.3 Å². The van der Waals surface area contributed by atoms with Crippen LogP contribution in [0.15, 0.2) is 17.6 Å². The van der Waals surface area contributed by atoms with Crippen LogP contribution in [0.2, 0.25) is 0 Å². The minimum absolute atomic E-state index is 0.206. The van der Waals surface area contributed by atoms with Gasteiger partial charge in [-0.25, -0.2) is 13.4 Å². The van der Waals surface area contributed by atoms with Crippen molar-refractivity contribution >= 4 is 9.84 Å². The molecule has 2 rings (SSSR count). The van der Waals surface area contributed by atoms with Gasteiger partial charge in [0, 0.05) is 24.7 Å². The van der Waals surface area contributed by atoms with Crippen LogP contribution < -0.4 is 0 Å². The van der Waals surface area contributed by atoms with E-state index in [9.17, 15) is 8.42 Å². The Morgan fingerprint density at radius 3 is 2.69 bits per heavy atom. The number of sulfone groups is 1. The maximum Gasteiger partial charge on any atom is 0.227 e. The van der Waals surface area contributed by atoms with Gasteiger partial charge in [-0.1, -0.05) is 0 Å². The van der Waals surface area contributed by atoms with E-state index in [0.29, 0.717) is 6.04 Å². The molecule has 0 saturated heterocycles. The van der Waals surface area contributed by atoms with Crippen LogP contribution in [-0.2, 0) is 9.84 Å². The van der Waals surface area contributed by atoms with Crippen molar-refractivity contribution in [3.05, 3.63) is 12.4 Å². The van der Waals surface area contributed by atoms with E-state index in [1.807, 2.05) is 0 Å². The number of rotatable bonds is 2. The van der Waals surface area contributed by atoms with Crippen LogP contribution in [0, 0.1) is 0 Å². The Kier molecular flexibility index (Phi) is 1.91. The van der Waals surface area contributed by atoms with Gasteiger partial charge in [0.05, 0.1) is 0 Å². The van der Waals surface area contributed by atoms with Crippen LogP contribution >= 0.6 is 0 Å². The normalized spacial score (nSPS) is 18.5. The summed E-state index contributed by atoms with van der Waals surface area (Å²) in [7, 11) is -3.16. The van der Waals surface area contributed by atoms with E-state index < -0.39 is 9.84 Å². The van der Waals surface area contributed by atoms with Crippen molar-refractivity contribution in [2.75, 3.05) is 6.26 Å². The zero-order valence-electron chi connectivity index (χ0n) is 7.47. The highest BCUT2D eigenvalue weighted by Crippen LogP contribution is 2.32. The van der Waals surface area contributed by atoms with Gasteiger partial charge in [0.25, 0.3) is 0 Å². The number of aromatic nitrogens is 2. The van der Waals surface area contributed by atoms with E-state index in [2.05, 4.69) is 4.98 Å². The second-order valence-corrected chi connectivity index (χ2v) is 5.38. The van der Waals surface area contributed by atoms with Crippen molar-refractivity contribution in [1.82, 2.24) is 9.55 Å². The molecule has 1 heterocycles. The van der Waals surface area contributed by atoms with Gasteiger partial charge in [-0.3, -0.25) is 0 Å². The average molecular weight is 200 g/mol. The molecule has 1 aliphatic carbocycles. The molecule has 1 fully saturated rings. The summed E-state index contributed by atoms with van der Waals surface area (Å²) in [6.45, 7) is 0. The van der Waals surface area contributed by atoms with E-state index >= 15 is 0 Å². The van der Waals surface area contributed by atoms with Crippen LogP contribution in [0.3, 0.4) is 0 Å². The SMILES string of the molecule is CS(=O)(=O)c1nccn1C1CCC1. The molecule has 4 nitrogen and oxygen atoms in total. The molecule has 0 unspecified atom stereocenters. The molecule has 0 N–H and O–H groups in total. The number of imidazole rings is 1. The summed E-state index contributed by atoms with van der Waals surface area (Å²) in [5.41, 5.74) is 0. The molecule has 1 aliphatic rings. The van der Waals surface area contributed by atoms with Crippen molar-refractivity contribution < 1.29 is 8.42 Å². The highest BCUT2D eigenvalue weighted by Gasteiger charge is 2.24. The van der Waals surface area contributed by atoms with Gasteiger partial charge in [0.2, 0.25) is 15.0 Å². The molecule has 0 spiro atoms. The summed E-state index contributed by atoms with van der Waals surface area (Å²) in [6.07, 6.45) is 7.82. The molecule has 13 heavy (non-hydrogen) atoms. The largest absolute Gasteiger partial charge is 0.319 e. The fourth-order valence-corrected chi connectivity index (χ4v) is 2.37. The van der Waals surface area contributed by atoms with Crippen LogP contribution in [-0.4, -0.2) is 24.2 Å². The predicted molar refractivity (Wildman–Crippen MR) is 48.2 cm³/mol. The zero-order chi connectivity index (χ0) is 9.47. The van der Waals surface area contributed by atoms with Gasteiger partial charge in [0.15, 0.2) is 0 Å². The highest BCUT2D eigenvalue weighted by molar-refractivity contribution is 7.90. The standard InChI is InChI=1S/C8H12N2O2S/c1-13(11,12)8-9-5-6-10(8)7-3-2-4-7/h5-7H,2-4H2,1H3. The summed E-state index contributed by atoms with van der Waals surface area (Å²) in [5.74, 6) is 0. The van der Waals surface area contributed by atoms with Gasteiger partial charge in [0.1, 0.15) is 0 Å². The van der Waals surface area contributed by atoms with Gasteiger partial charge >= 0.3 is 0 Å². The van der Waals surface area contributed by atoms with E-state index in [-0.39, 0.29) is 5.16 Å². The summed E-state index contributed by atoms with van der Waals surface area (Å²) in [6, 6.07) is 0.354. The van der Waals surface area contributed by atoms with Crippen LogP contribution in [0.5, 0.6) is 0 Å². The lowest BCUT2D eigenvalue weighted by molar-refractivity contribution is 0.294. The molecule has 72 valence electrons. The van der Waals surface area contributed by atoms with Gasteiger partial charge in [-0.15, -0.1) is 0 Å². The highest BCUT2D eigenvalue weighted by atomic mass is 32.2. The minimum Gasteiger partial charge on any atom is -0.319 e. The van der Waals surface area contributed by atoms with Gasteiger partial charge in [-0.2, -0.15) is 0 Å². The lowest BCUT2D eigenvalue weighted by Crippen LogP contribution is -2.20. The van der Waals surface area contributed by atoms with Crippen molar-refractivity contribution in [2.24, 2.45) is 0 Å². The Balaban J connectivity index is 2.41. The maximum absolute atomic E-state index is 11.3. The molecule has 1 aromatic heterocycles. The first-order chi connectivity index (χ1) is 6.09. The van der Waals surface area contributed by atoms with E-state index in [0.717, 1.165) is 12.8 Å². The van der Waals surface area contributed by atoms with Gasteiger partial charge < -0.3 is 4.57 Å². The predicted octanol–water partition coefficient (Wildman–Crippen LogP) is 1.01. The molecule has 0 amide bonds. The van der Waals surface area contributed by atoms with Crippen molar-refractivity contribution in [3.8, 4) is 0 Å². The number of hydrogen-bond donors (Lipinski definition) is 0. The number of hydrogen-bond acceptors (Lipinski definition) is 3. The Labute approximate surface area is 77.5 Å². The molecule has 0 radical (unpaired) electrons. The maximum atomic E-state index is 11.3. The zero-order valence-corrected chi connectivity index (χ0v) is 8.29. The monoisotopic (exact) mass is 200 g/mol. The quantitative estimate of drug-likeness (QED) is 0.716. The first-order valence-electron chi connectivity index (χ1n) is 4.32.